The van der Waals surface area contributed by atoms with E-state index in [4.69, 9.17) is 0 Å². The van der Waals surface area contributed by atoms with Crippen LogP contribution in [0.2, 0.25) is 0 Å². The standard InChI is InChI=1S/C9H14N2OS.ClH/c1-4-5-10-9-11-6(2)8(13-9)7(3)12;/h4-5H2,1-3H3,(H,10,11);1H. The summed E-state index contributed by atoms with van der Waals surface area (Å²) in [5.74, 6) is 0.0968. The number of hydrogen-bond acceptors (Lipinski definition) is 4. The summed E-state index contributed by atoms with van der Waals surface area (Å²) in [6, 6.07) is 0. The average Bonchev–Trinajstić information content (AvgIpc) is 2.43. The summed E-state index contributed by atoms with van der Waals surface area (Å²) in [4.78, 5) is 16.1. The molecule has 0 bridgehead atoms. The molecule has 0 unspecified atom stereocenters. The summed E-state index contributed by atoms with van der Waals surface area (Å²) in [6.07, 6.45) is 1.06. The van der Waals surface area contributed by atoms with Crippen molar-refractivity contribution in [2.75, 3.05) is 11.9 Å². The van der Waals surface area contributed by atoms with Gasteiger partial charge in [0.05, 0.1) is 10.6 Å². The summed E-state index contributed by atoms with van der Waals surface area (Å²) in [5.41, 5.74) is 0.830. The zero-order chi connectivity index (χ0) is 9.84. The van der Waals surface area contributed by atoms with Crippen LogP contribution in [0.25, 0.3) is 0 Å². The lowest BCUT2D eigenvalue weighted by Crippen LogP contribution is -1.98. The van der Waals surface area contributed by atoms with Gasteiger partial charge in [-0.15, -0.1) is 12.4 Å². The number of nitrogens with one attached hydrogen (secondary N) is 1. The predicted octanol–water partition coefficient (Wildman–Crippen LogP) is 2.90. The van der Waals surface area contributed by atoms with E-state index in [2.05, 4.69) is 17.2 Å². The number of rotatable bonds is 4. The maximum Gasteiger partial charge on any atom is 0.183 e. The second-order valence-corrected chi connectivity index (χ2v) is 3.92. The molecule has 0 aromatic carbocycles. The number of carbonyl (C=O) groups is 1. The highest BCUT2D eigenvalue weighted by atomic mass is 35.5. The van der Waals surface area contributed by atoms with E-state index in [1.807, 2.05) is 6.92 Å². The lowest BCUT2D eigenvalue weighted by atomic mass is 10.3. The first-order valence-corrected chi connectivity index (χ1v) is 5.19. The summed E-state index contributed by atoms with van der Waals surface area (Å²) < 4.78 is 0. The molecule has 1 rings (SSSR count). The van der Waals surface area contributed by atoms with Crippen LogP contribution >= 0.6 is 23.7 Å². The molecule has 0 radical (unpaired) electrons. The molecular formula is C9H15ClN2OS. The Morgan fingerprint density at radius 3 is 2.64 bits per heavy atom. The average molecular weight is 235 g/mol. The number of aromatic nitrogens is 1. The van der Waals surface area contributed by atoms with Crippen LogP contribution in [-0.2, 0) is 0 Å². The Balaban J connectivity index is 0.00000169. The third-order valence-electron chi connectivity index (χ3n) is 1.64. The van der Waals surface area contributed by atoms with Crippen LogP contribution in [-0.4, -0.2) is 17.3 Å². The van der Waals surface area contributed by atoms with E-state index in [0.717, 1.165) is 28.7 Å². The van der Waals surface area contributed by atoms with Crippen molar-refractivity contribution < 1.29 is 4.79 Å². The quantitative estimate of drug-likeness (QED) is 0.815. The number of aryl methyl sites for hydroxylation is 1. The molecular weight excluding hydrogens is 220 g/mol. The van der Waals surface area contributed by atoms with Crippen molar-refractivity contribution in [3.05, 3.63) is 10.6 Å². The van der Waals surface area contributed by atoms with Gasteiger partial charge in [0.15, 0.2) is 10.9 Å². The Hall–Kier alpha value is -0.610. The van der Waals surface area contributed by atoms with Crippen molar-refractivity contribution in [1.82, 2.24) is 4.98 Å². The number of nitrogens with zero attached hydrogens (tertiary/aromatic N) is 1. The topological polar surface area (TPSA) is 42.0 Å². The molecule has 0 spiro atoms. The summed E-state index contributed by atoms with van der Waals surface area (Å²) in [5, 5.41) is 4.02. The molecule has 3 nitrogen and oxygen atoms in total. The molecule has 1 heterocycles. The molecule has 0 aliphatic heterocycles. The minimum absolute atomic E-state index is 0. The molecule has 1 aromatic rings. The first-order chi connectivity index (χ1) is 6.15. The van der Waals surface area contributed by atoms with Crippen molar-refractivity contribution in [3.8, 4) is 0 Å². The molecule has 1 N–H and O–H groups in total. The fourth-order valence-corrected chi connectivity index (χ4v) is 1.92. The van der Waals surface area contributed by atoms with Gasteiger partial charge in [-0.25, -0.2) is 4.98 Å². The molecule has 14 heavy (non-hydrogen) atoms. The normalized spacial score (nSPS) is 9.36. The van der Waals surface area contributed by atoms with Gasteiger partial charge in [-0.2, -0.15) is 0 Å². The number of hydrogen-bond donors (Lipinski definition) is 1. The lowest BCUT2D eigenvalue weighted by Gasteiger charge is -1.96. The van der Waals surface area contributed by atoms with E-state index < -0.39 is 0 Å². The van der Waals surface area contributed by atoms with Crippen LogP contribution in [0, 0.1) is 6.92 Å². The number of Topliss-reactive ketones (excluding diaryl/α,β-unsaturated/α-hetero) is 1. The van der Waals surface area contributed by atoms with Crippen molar-refractivity contribution in [2.24, 2.45) is 0 Å². The number of thiazole rings is 1. The minimum Gasteiger partial charge on any atom is -0.362 e. The fraction of sp³-hybridized carbons (Fsp3) is 0.556. The van der Waals surface area contributed by atoms with Gasteiger partial charge < -0.3 is 5.32 Å². The maximum atomic E-state index is 11.1. The van der Waals surface area contributed by atoms with Crippen LogP contribution < -0.4 is 5.32 Å². The molecule has 80 valence electrons. The van der Waals surface area contributed by atoms with Crippen molar-refractivity contribution in [2.45, 2.75) is 27.2 Å². The molecule has 0 saturated heterocycles. The second kappa shape index (κ2) is 5.98. The molecule has 0 atom stereocenters. The van der Waals surface area contributed by atoms with Crippen LogP contribution in [0.1, 0.15) is 35.6 Å². The third-order valence-corrected chi connectivity index (χ3v) is 2.86. The molecule has 0 saturated carbocycles. The van der Waals surface area contributed by atoms with E-state index in [1.54, 1.807) is 6.92 Å². The fourth-order valence-electron chi connectivity index (χ4n) is 1.03. The highest BCUT2D eigenvalue weighted by molar-refractivity contribution is 7.17. The van der Waals surface area contributed by atoms with Crippen LogP contribution in [0.4, 0.5) is 5.13 Å². The lowest BCUT2D eigenvalue weighted by molar-refractivity contribution is 0.102. The zero-order valence-corrected chi connectivity index (χ0v) is 10.2. The van der Waals surface area contributed by atoms with Crippen LogP contribution in [0.5, 0.6) is 0 Å². The molecule has 0 aliphatic carbocycles. The Labute approximate surface area is 94.3 Å². The molecule has 5 heteroatoms. The predicted molar refractivity (Wildman–Crippen MR) is 62.9 cm³/mol. The van der Waals surface area contributed by atoms with Crippen molar-refractivity contribution in [3.63, 3.8) is 0 Å². The Bertz CT molecular complexity index is 312. The first kappa shape index (κ1) is 13.4. The largest absolute Gasteiger partial charge is 0.362 e. The number of carbonyl (C=O) groups excluding carboxylic acids is 1. The molecule has 1 aromatic heterocycles. The maximum absolute atomic E-state index is 11.1. The molecule has 0 fully saturated rings. The number of ketones is 1. The van der Waals surface area contributed by atoms with Gasteiger partial charge in [-0.3, -0.25) is 4.79 Å². The Morgan fingerprint density at radius 2 is 2.21 bits per heavy atom. The second-order valence-electron chi connectivity index (χ2n) is 2.92. The van der Waals surface area contributed by atoms with Gasteiger partial charge in [0.2, 0.25) is 0 Å². The zero-order valence-electron chi connectivity index (χ0n) is 8.59. The van der Waals surface area contributed by atoms with Gasteiger partial charge in [-0.05, 0) is 13.3 Å². The van der Waals surface area contributed by atoms with E-state index in [0.29, 0.717) is 0 Å². The van der Waals surface area contributed by atoms with Gasteiger partial charge in [-0.1, -0.05) is 18.3 Å². The van der Waals surface area contributed by atoms with Crippen LogP contribution in [0.3, 0.4) is 0 Å². The third kappa shape index (κ3) is 3.27. The van der Waals surface area contributed by atoms with Gasteiger partial charge in [0, 0.05) is 13.5 Å². The Kier molecular flexibility index (Phi) is 5.72. The Morgan fingerprint density at radius 1 is 1.57 bits per heavy atom. The van der Waals surface area contributed by atoms with Crippen molar-refractivity contribution in [1.29, 1.82) is 0 Å². The summed E-state index contributed by atoms with van der Waals surface area (Å²) in [7, 11) is 0. The van der Waals surface area contributed by atoms with Crippen molar-refractivity contribution >= 4 is 34.7 Å². The van der Waals surface area contributed by atoms with E-state index >= 15 is 0 Å². The molecule has 0 aliphatic rings. The monoisotopic (exact) mass is 234 g/mol. The number of halogens is 1. The summed E-state index contributed by atoms with van der Waals surface area (Å²) >= 11 is 1.44. The van der Waals surface area contributed by atoms with E-state index in [1.165, 1.54) is 11.3 Å². The smallest absolute Gasteiger partial charge is 0.183 e. The minimum atomic E-state index is 0. The highest BCUT2D eigenvalue weighted by Crippen LogP contribution is 2.22. The SMILES string of the molecule is CCCNc1nc(C)c(C(C)=O)s1.Cl. The van der Waals surface area contributed by atoms with Gasteiger partial charge in [0.25, 0.3) is 0 Å². The van der Waals surface area contributed by atoms with Gasteiger partial charge >= 0.3 is 0 Å². The van der Waals surface area contributed by atoms with Gasteiger partial charge in [0.1, 0.15) is 0 Å². The van der Waals surface area contributed by atoms with Crippen LogP contribution in [0.15, 0.2) is 0 Å². The summed E-state index contributed by atoms with van der Waals surface area (Å²) in [6.45, 7) is 6.44. The first-order valence-electron chi connectivity index (χ1n) is 4.37. The van der Waals surface area contributed by atoms with E-state index in [9.17, 15) is 4.79 Å². The number of anilines is 1. The highest BCUT2D eigenvalue weighted by Gasteiger charge is 2.10. The molecule has 0 amide bonds. The van der Waals surface area contributed by atoms with E-state index in [-0.39, 0.29) is 18.2 Å².